The van der Waals surface area contributed by atoms with E-state index >= 15 is 0 Å². The van der Waals surface area contributed by atoms with Crippen LogP contribution in [-0.4, -0.2) is 51.7 Å². The van der Waals surface area contributed by atoms with Crippen LogP contribution in [0.4, 0.5) is 0 Å². The van der Waals surface area contributed by atoms with Gasteiger partial charge in [-0.05, 0) is 24.6 Å². The van der Waals surface area contributed by atoms with Gasteiger partial charge in [-0.25, -0.2) is 4.79 Å². The summed E-state index contributed by atoms with van der Waals surface area (Å²) >= 11 is 0. The van der Waals surface area contributed by atoms with Gasteiger partial charge >= 0.3 is 5.97 Å². The van der Waals surface area contributed by atoms with E-state index in [9.17, 15) is 9.59 Å². The quantitative estimate of drug-likeness (QED) is 0.735. The van der Waals surface area contributed by atoms with Crippen LogP contribution in [0.1, 0.15) is 23.0 Å². The van der Waals surface area contributed by atoms with E-state index in [2.05, 4.69) is 4.98 Å². The number of aromatic nitrogens is 1. The van der Waals surface area contributed by atoms with Gasteiger partial charge in [0, 0.05) is 25.4 Å². The molecule has 0 radical (unpaired) electrons. The Morgan fingerprint density at radius 1 is 1.42 bits per heavy atom. The fourth-order valence-electron chi connectivity index (χ4n) is 1.48. The smallest absolute Gasteiger partial charge is 0.328 e. The molecule has 0 saturated heterocycles. The molecule has 1 aromatic heterocycles. The van der Waals surface area contributed by atoms with Crippen LogP contribution in [0, 0.1) is 0 Å². The molecule has 19 heavy (non-hydrogen) atoms. The van der Waals surface area contributed by atoms with Crippen LogP contribution in [0.3, 0.4) is 0 Å². The van der Waals surface area contributed by atoms with Crippen molar-refractivity contribution in [3.8, 4) is 0 Å². The molecule has 6 heteroatoms. The maximum absolute atomic E-state index is 12.0. The lowest BCUT2D eigenvalue weighted by molar-refractivity contribution is -0.131. The van der Waals surface area contributed by atoms with Crippen molar-refractivity contribution in [1.82, 2.24) is 9.88 Å². The van der Waals surface area contributed by atoms with Gasteiger partial charge in [-0.15, -0.1) is 0 Å². The molecule has 1 amide bonds. The summed E-state index contributed by atoms with van der Waals surface area (Å²) in [7, 11) is 0. The molecular weight excluding hydrogens is 248 g/mol. The van der Waals surface area contributed by atoms with Crippen molar-refractivity contribution in [2.24, 2.45) is 0 Å². The molecule has 0 aromatic carbocycles. The van der Waals surface area contributed by atoms with E-state index in [0.717, 1.165) is 6.08 Å². The van der Waals surface area contributed by atoms with Crippen LogP contribution >= 0.6 is 0 Å². The van der Waals surface area contributed by atoms with Crippen molar-refractivity contribution in [2.75, 3.05) is 19.7 Å². The van der Waals surface area contributed by atoms with Gasteiger partial charge in [-0.2, -0.15) is 0 Å². The van der Waals surface area contributed by atoms with Gasteiger partial charge in [0.2, 0.25) is 0 Å². The van der Waals surface area contributed by atoms with E-state index in [1.165, 1.54) is 23.2 Å². The lowest BCUT2D eigenvalue weighted by Gasteiger charge is -2.18. The number of nitrogens with zero attached hydrogens (tertiary/aromatic N) is 2. The van der Waals surface area contributed by atoms with Crippen molar-refractivity contribution in [3.05, 3.63) is 35.7 Å². The van der Waals surface area contributed by atoms with Gasteiger partial charge in [0.1, 0.15) is 5.69 Å². The van der Waals surface area contributed by atoms with Gasteiger partial charge in [-0.1, -0.05) is 6.07 Å². The summed E-state index contributed by atoms with van der Waals surface area (Å²) in [6, 6.07) is 3.15. The third-order valence-electron chi connectivity index (χ3n) is 2.46. The highest BCUT2D eigenvalue weighted by atomic mass is 16.4. The molecule has 0 atom stereocenters. The Kier molecular flexibility index (Phi) is 5.69. The number of carbonyl (C=O) groups excluding carboxylic acids is 1. The molecule has 102 valence electrons. The fraction of sp³-hybridized carbons (Fsp3) is 0.308. The minimum Gasteiger partial charge on any atom is -0.478 e. The minimum atomic E-state index is -1.04. The second-order valence-electron chi connectivity index (χ2n) is 3.76. The standard InChI is InChI=1S/C13H16N2O4/c1-2-15(7-8-16)13(19)11-5-3-10(9-14-11)4-6-12(17)18/h3-6,9,16H,2,7-8H2,1H3,(H,17,18). The van der Waals surface area contributed by atoms with E-state index in [0.29, 0.717) is 12.1 Å². The highest BCUT2D eigenvalue weighted by molar-refractivity contribution is 5.92. The molecule has 0 aliphatic rings. The number of hydrogen-bond donors (Lipinski definition) is 2. The summed E-state index contributed by atoms with van der Waals surface area (Å²) in [5.41, 5.74) is 0.868. The summed E-state index contributed by atoms with van der Waals surface area (Å²) in [5, 5.41) is 17.3. The Morgan fingerprint density at radius 3 is 2.63 bits per heavy atom. The van der Waals surface area contributed by atoms with Gasteiger partial charge in [0.15, 0.2) is 0 Å². The van der Waals surface area contributed by atoms with Crippen molar-refractivity contribution in [3.63, 3.8) is 0 Å². The number of aliphatic hydroxyl groups excluding tert-OH is 1. The van der Waals surface area contributed by atoms with Crippen molar-refractivity contribution in [1.29, 1.82) is 0 Å². The van der Waals surface area contributed by atoms with E-state index in [-0.39, 0.29) is 24.8 Å². The molecule has 1 heterocycles. The summed E-state index contributed by atoms with van der Waals surface area (Å²) in [5.74, 6) is -1.30. The van der Waals surface area contributed by atoms with Crippen LogP contribution < -0.4 is 0 Å². The third-order valence-corrected chi connectivity index (χ3v) is 2.46. The molecule has 0 unspecified atom stereocenters. The molecule has 0 bridgehead atoms. The maximum atomic E-state index is 12.0. The Bertz CT molecular complexity index is 468. The number of amides is 1. The number of hydrogen-bond acceptors (Lipinski definition) is 4. The SMILES string of the molecule is CCN(CCO)C(=O)c1ccc(C=CC(=O)O)cn1. The number of aliphatic carboxylic acids is 1. The molecule has 2 N–H and O–H groups in total. The predicted octanol–water partition coefficient (Wildman–Crippen LogP) is 0.634. The maximum Gasteiger partial charge on any atom is 0.328 e. The number of pyridine rings is 1. The molecule has 0 spiro atoms. The fourth-order valence-corrected chi connectivity index (χ4v) is 1.48. The van der Waals surface area contributed by atoms with Crippen LogP contribution in [-0.2, 0) is 4.79 Å². The largest absolute Gasteiger partial charge is 0.478 e. The first-order valence-corrected chi connectivity index (χ1v) is 5.85. The lowest BCUT2D eigenvalue weighted by Crippen LogP contribution is -2.33. The highest BCUT2D eigenvalue weighted by Gasteiger charge is 2.14. The van der Waals surface area contributed by atoms with Crippen LogP contribution in [0.25, 0.3) is 6.08 Å². The Hall–Kier alpha value is -2.21. The molecule has 0 saturated carbocycles. The van der Waals surface area contributed by atoms with E-state index in [1.807, 2.05) is 6.92 Å². The summed E-state index contributed by atoms with van der Waals surface area (Å²) < 4.78 is 0. The first kappa shape index (κ1) is 14.8. The summed E-state index contributed by atoms with van der Waals surface area (Å²) in [6.45, 7) is 2.47. The van der Waals surface area contributed by atoms with Crippen molar-refractivity contribution in [2.45, 2.75) is 6.92 Å². The zero-order valence-electron chi connectivity index (χ0n) is 10.6. The van der Waals surface area contributed by atoms with Gasteiger partial charge in [0.05, 0.1) is 6.61 Å². The molecular formula is C13H16N2O4. The zero-order valence-corrected chi connectivity index (χ0v) is 10.6. The Labute approximate surface area is 111 Å². The molecule has 6 nitrogen and oxygen atoms in total. The van der Waals surface area contributed by atoms with E-state index in [1.54, 1.807) is 6.07 Å². The van der Waals surface area contributed by atoms with Crippen molar-refractivity contribution < 1.29 is 19.8 Å². The lowest BCUT2D eigenvalue weighted by atomic mass is 10.2. The Balaban J connectivity index is 2.80. The summed E-state index contributed by atoms with van der Waals surface area (Å²) in [4.78, 5) is 27.8. The minimum absolute atomic E-state index is 0.0982. The molecule has 0 aliphatic carbocycles. The third kappa shape index (κ3) is 4.51. The predicted molar refractivity (Wildman–Crippen MR) is 69.6 cm³/mol. The molecule has 1 aromatic rings. The number of carboxylic acid groups (broad SMARTS) is 1. The highest BCUT2D eigenvalue weighted by Crippen LogP contribution is 2.05. The Morgan fingerprint density at radius 2 is 2.16 bits per heavy atom. The van der Waals surface area contributed by atoms with Crippen LogP contribution in [0.15, 0.2) is 24.4 Å². The first-order valence-electron chi connectivity index (χ1n) is 5.85. The van der Waals surface area contributed by atoms with Crippen LogP contribution in [0.5, 0.6) is 0 Å². The summed E-state index contributed by atoms with van der Waals surface area (Å²) in [6.07, 6.45) is 3.83. The number of aliphatic hydroxyl groups is 1. The normalized spacial score (nSPS) is 10.6. The number of rotatable bonds is 6. The molecule has 0 aliphatic heterocycles. The molecule has 1 rings (SSSR count). The second kappa shape index (κ2) is 7.27. The molecule has 0 fully saturated rings. The van der Waals surface area contributed by atoms with E-state index in [4.69, 9.17) is 10.2 Å². The average Bonchev–Trinajstić information content (AvgIpc) is 2.42. The van der Waals surface area contributed by atoms with Gasteiger partial charge < -0.3 is 15.1 Å². The zero-order chi connectivity index (χ0) is 14.3. The second-order valence-corrected chi connectivity index (χ2v) is 3.76. The van der Waals surface area contributed by atoms with Crippen LogP contribution in [0.2, 0.25) is 0 Å². The van der Waals surface area contributed by atoms with Gasteiger partial charge in [-0.3, -0.25) is 9.78 Å². The van der Waals surface area contributed by atoms with E-state index < -0.39 is 5.97 Å². The number of carboxylic acids is 1. The monoisotopic (exact) mass is 264 g/mol. The van der Waals surface area contributed by atoms with Gasteiger partial charge in [0.25, 0.3) is 5.91 Å². The number of carbonyl (C=O) groups is 2. The number of likely N-dealkylation sites (N-methyl/N-ethyl adjacent to an activating group) is 1. The average molecular weight is 264 g/mol. The van der Waals surface area contributed by atoms with Crippen molar-refractivity contribution >= 4 is 18.0 Å². The first-order chi connectivity index (χ1) is 9.08. The topological polar surface area (TPSA) is 90.7 Å².